The van der Waals surface area contributed by atoms with E-state index < -0.39 is 0 Å². The molecule has 1 unspecified atom stereocenters. The van der Waals surface area contributed by atoms with Crippen molar-refractivity contribution in [3.63, 3.8) is 0 Å². The number of rotatable bonds is 5. The topological polar surface area (TPSA) is 23.1 Å². The van der Waals surface area contributed by atoms with Crippen LogP contribution in [0.2, 0.25) is 0 Å². The van der Waals surface area contributed by atoms with Crippen molar-refractivity contribution in [2.24, 2.45) is 0 Å². The predicted octanol–water partition coefficient (Wildman–Crippen LogP) is -1.29. The molecule has 0 fully saturated rings. The first-order valence-electron chi connectivity index (χ1n) is 3.97. The van der Waals surface area contributed by atoms with Crippen LogP contribution in [-0.4, -0.2) is 6.10 Å². The van der Waals surface area contributed by atoms with Gasteiger partial charge in [0.15, 0.2) is 0 Å². The van der Waals surface area contributed by atoms with Gasteiger partial charge in [-0.25, -0.2) is 0 Å². The van der Waals surface area contributed by atoms with Gasteiger partial charge >= 0.3 is 29.6 Å². The van der Waals surface area contributed by atoms with E-state index in [0.717, 1.165) is 19.3 Å². The van der Waals surface area contributed by atoms with Crippen molar-refractivity contribution in [1.29, 1.82) is 0 Å². The Morgan fingerprint density at radius 2 is 1.80 bits per heavy atom. The Hall–Kier alpha value is 0.960. The zero-order valence-electron chi connectivity index (χ0n) is 7.52. The summed E-state index contributed by atoms with van der Waals surface area (Å²) in [5.74, 6) is 0. The van der Waals surface area contributed by atoms with Crippen LogP contribution in [0, 0.1) is 0 Å². The fourth-order valence-corrected chi connectivity index (χ4v) is 0.826. The van der Waals surface area contributed by atoms with Crippen LogP contribution >= 0.6 is 0 Å². The minimum Gasteiger partial charge on any atom is -0.852 e. The molecule has 0 amide bonds. The number of hydrogen-bond acceptors (Lipinski definition) is 1. The third-order valence-corrected chi connectivity index (χ3v) is 1.58. The monoisotopic (exact) mass is 152 g/mol. The van der Waals surface area contributed by atoms with Gasteiger partial charge in [0.25, 0.3) is 0 Å². The van der Waals surface area contributed by atoms with Gasteiger partial charge in [0.05, 0.1) is 0 Å². The molecule has 0 heterocycles. The van der Waals surface area contributed by atoms with Crippen LogP contribution in [0.25, 0.3) is 0 Å². The van der Waals surface area contributed by atoms with E-state index in [9.17, 15) is 5.11 Å². The Morgan fingerprint density at radius 3 is 2.20 bits per heavy atom. The van der Waals surface area contributed by atoms with Crippen molar-refractivity contribution in [3.8, 4) is 0 Å². The Labute approximate surface area is 86.5 Å². The van der Waals surface area contributed by atoms with Gasteiger partial charge in [0.2, 0.25) is 0 Å². The van der Waals surface area contributed by atoms with Crippen LogP contribution in [-0.2, 0) is 0 Å². The van der Waals surface area contributed by atoms with Gasteiger partial charge in [0, 0.05) is 0 Å². The molecule has 1 atom stereocenters. The summed E-state index contributed by atoms with van der Waals surface area (Å²) in [6.45, 7) is 4.12. The maximum atomic E-state index is 10.8. The zero-order chi connectivity index (χ0) is 7.11. The molecule has 0 bridgehead atoms. The molecule has 0 aromatic carbocycles. The fourth-order valence-electron chi connectivity index (χ4n) is 0.826. The van der Waals surface area contributed by atoms with Crippen LogP contribution in [0.15, 0.2) is 0 Å². The van der Waals surface area contributed by atoms with Gasteiger partial charge in [-0.05, 0) is 0 Å². The molecule has 2 heteroatoms. The van der Waals surface area contributed by atoms with Gasteiger partial charge in [0.1, 0.15) is 0 Å². The van der Waals surface area contributed by atoms with Gasteiger partial charge < -0.3 is 5.11 Å². The molecule has 10 heavy (non-hydrogen) atoms. The normalized spacial score (nSPS) is 12.3. The largest absolute Gasteiger partial charge is 1.00 e. The molecule has 0 rings (SSSR count). The second-order valence-electron chi connectivity index (χ2n) is 2.53. The molecule has 0 N–H and O–H groups in total. The summed E-state index contributed by atoms with van der Waals surface area (Å²) < 4.78 is 0. The van der Waals surface area contributed by atoms with E-state index >= 15 is 0 Å². The van der Waals surface area contributed by atoms with E-state index in [1.807, 2.05) is 6.92 Å². The van der Waals surface area contributed by atoms with E-state index in [1.54, 1.807) is 0 Å². The smallest absolute Gasteiger partial charge is 0.852 e. The first kappa shape index (κ1) is 13.5. The van der Waals surface area contributed by atoms with Crippen molar-refractivity contribution in [1.82, 2.24) is 0 Å². The van der Waals surface area contributed by atoms with E-state index in [4.69, 9.17) is 0 Å². The molecule has 0 saturated heterocycles. The molecule has 0 radical (unpaired) electrons. The van der Waals surface area contributed by atoms with E-state index in [2.05, 4.69) is 6.92 Å². The summed E-state index contributed by atoms with van der Waals surface area (Å²) in [4.78, 5) is 0. The van der Waals surface area contributed by atoms with Crippen molar-refractivity contribution in [3.05, 3.63) is 0 Å². The third kappa shape index (κ3) is 8.96. The number of unbranched alkanes of at least 4 members (excludes halogenated alkanes) is 2. The summed E-state index contributed by atoms with van der Waals surface area (Å²) in [6.07, 6.45) is 4.94. The number of hydrogen-bond donors (Lipinski definition) is 0. The van der Waals surface area contributed by atoms with Crippen molar-refractivity contribution in [2.45, 2.75) is 52.1 Å². The Morgan fingerprint density at radius 1 is 1.20 bits per heavy atom. The Balaban J connectivity index is 0. The average molecular weight is 152 g/mol. The Bertz CT molecular complexity index is 57.2. The molecular weight excluding hydrogens is 135 g/mol. The molecular formula is C8H17NaO. The maximum Gasteiger partial charge on any atom is 1.00 e. The molecule has 0 saturated carbocycles. The average Bonchev–Trinajstić information content (AvgIpc) is 1.89. The molecule has 1 nitrogen and oxygen atoms in total. The predicted molar refractivity (Wildman–Crippen MR) is 38.2 cm³/mol. The van der Waals surface area contributed by atoms with Gasteiger partial charge in [-0.15, -0.1) is 6.10 Å². The van der Waals surface area contributed by atoms with Crippen molar-refractivity contribution >= 4 is 0 Å². The minimum absolute atomic E-state index is 0. The van der Waals surface area contributed by atoms with Crippen LogP contribution in [0.1, 0.15) is 46.0 Å². The van der Waals surface area contributed by atoms with Crippen LogP contribution in [0.4, 0.5) is 0 Å². The van der Waals surface area contributed by atoms with Gasteiger partial charge in [-0.2, -0.15) is 0 Å². The first-order chi connectivity index (χ1) is 4.31. The first-order valence-corrected chi connectivity index (χ1v) is 3.97. The summed E-state index contributed by atoms with van der Waals surface area (Å²) in [6, 6.07) is 0. The zero-order valence-corrected chi connectivity index (χ0v) is 9.52. The second-order valence-corrected chi connectivity index (χ2v) is 2.53. The van der Waals surface area contributed by atoms with Crippen molar-refractivity contribution < 1.29 is 34.7 Å². The standard InChI is InChI=1S/C8H17O.Na/c1-3-5-6-7-8(9)4-2;/h8H,3-7H2,1-2H3;/q-1;+1. The molecule has 0 spiro atoms. The van der Waals surface area contributed by atoms with Gasteiger partial charge in [-0.1, -0.05) is 46.0 Å². The van der Waals surface area contributed by atoms with Gasteiger partial charge in [-0.3, -0.25) is 0 Å². The molecule has 0 aliphatic heterocycles. The van der Waals surface area contributed by atoms with E-state index in [-0.39, 0.29) is 35.7 Å². The maximum absolute atomic E-state index is 10.8. The Kier molecular flexibility index (Phi) is 13.5. The summed E-state index contributed by atoms with van der Waals surface area (Å²) >= 11 is 0. The van der Waals surface area contributed by atoms with E-state index in [0.29, 0.717) is 0 Å². The molecule has 0 aromatic rings. The molecule has 0 aliphatic rings. The second kappa shape index (κ2) is 9.96. The summed E-state index contributed by atoms with van der Waals surface area (Å²) in [7, 11) is 0. The van der Waals surface area contributed by atoms with Crippen LogP contribution in [0.3, 0.4) is 0 Å². The quantitative estimate of drug-likeness (QED) is 0.355. The van der Waals surface area contributed by atoms with Crippen LogP contribution < -0.4 is 34.7 Å². The van der Waals surface area contributed by atoms with Crippen LogP contribution in [0.5, 0.6) is 0 Å². The minimum atomic E-state index is -0.295. The SMILES string of the molecule is CCCCCC([O-])CC.[Na+]. The van der Waals surface area contributed by atoms with E-state index in [1.165, 1.54) is 12.8 Å². The molecule has 56 valence electrons. The fraction of sp³-hybridized carbons (Fsp3) is 1.00. The summed E-state index contributed by atoms with van der Waals surface area (Å²) in [5, 5.41) is 10.8. The molecule has 0 aromatic heterocycles. The van der Waals surface area contributed by atoms with Crippen molar-refractivity contribution in [2.75, 3.05) is 0 Å². The third-order valence-electron chi connectivity index (χ3n) is 1.58. The molecule has 0 aliphatic carbocycles. The summed E-state index contributed by atoms with van der Waals surface area (Å²) in [5.41, 5.74) is 0.